The van der Waals surface area contributed by atoms with Crippen LogP contribution in [0.4, 0.5) is 5.69 Å². The Morgan fingerprint density at radius 3 is 2.38 bits per heavy atom. The van der Waals surface area contributed by atoms with Gasteiger partial charge in [-0.2, -0.15) is 0 Å². The first-order chi connectivity index (χ1) is 11.3. The molecule has 24 heavy (non-hydrogen) atoms. The molecular formula is C16H21N3O4S. The van der Waals surface area contributed by atoms with Crippen molar-refractivity contribution in [3.8, 4) is 0 Å². The molecule has 2 heterocycles. The van der Waals surface area contributed by atoms with Crippen LogP contribution in [0.3, 0.4) is 0 Å². The number of likely N-dealkylation sites (tertiary alicyclic amines) is 1. The lowest BCUT2D eigenvalue weighted by atomic mass is 10.1. The number of anilines is 1. The number of nitrogens with zero attached hydrogens (tertiary/aromatic N) is 2. The molecule has 0 saturated carbocycles. The van der Waals surface area contributed by atoms with E-state index in [2.05, 4.69) is 0 Å². The van der Waals surface area contributed by atoms with Gasteiger partial charge in [-0.15, -0.1) is 0 Å². The number of hydrogen-bond acceptors (Lipinski definition) is 4. The van der Waals surface area contributed by atoms with Crippen molar-refractivity contribution in [3.05, 3.63) is 29.8 Å². The maximum absolute atomic E-state index is 12.3. The van der Waals surface area contributed by atoms with E-state index in [1.807, 2.05) is 4.90 Å². The Kier molecular flexibility index (Phi) is 4.60. The van der Waals surface area contributed by atoms with Gasteiger partial charge in [0.05, 0.1) is 5.75 Å². The van der Waals surface area contributed by atoms with E-state index in [0.717, 1.165) is 25.9 Å². The van der Waals surface area contributed by atoms with Crippen molar-refractivity contribution >= 4 is 27.5 Å². The fraction of sp³-hybridized carbons (Fsp3) is 0.500. The molecule has 0 aliphatic carbocycles. The third-order valence-electron chi connectivity index (χ3n) is 4.49. The summed E-state index contributed by atoms with van der Waals surface area (Å²) in [6.07, 6.45) is 2.25. The molecule has 2 amide bonds. The highest BCUT2D eigenvalue weighted by atomic mass is 32.2. The minimum atomic E-state index is -3.59. The molecule has 3 rings (SSSR count). The molecule has 2 saturated heterocycles. The van der Waals surface area contributed by atoms with Gasteiger partial charge < -0.3 is 9.80 Å². The highest BCUT2D eigenvalue weighted by molar-refractivity contribution is 7.89. The van der Waals surface area contributed by atoms with Crippen molar-refractivity contribution in [2.75, 3.05) is 30.3 Å². The van der Waals surface area contributed by atoms with Gasteiger partial charge in [-0.25, -0.2) is 13.6 Å². The van der Waals surface area contributed by atoms with Gasteiger partial charge in [-0.05, 0) is 37.1 Å². The van der Waals surface area contributed by atoms with E-state index >= 15 is 0 Å². The third kappa shape index (κ3) is 3.76. The van der Waals surface area contributed by atoms with Crippen molar-refractivity contribution in [1.29, 1.82) is 0 Å². The monoisotopic (exact) mass is 351 g/mol. The zero-order valence-electron chi connectivity index (χ0n) is 13.3. The Bertz CT molecular complexity index is 739. The number of hydrogen-bond donors (Lipinski definition) is 1. The average Bonchev–Trinajstić information content (AvgIpc) is 3.15. The molecule has 8 heteroatoms. The topological polar surface area (TPSA) is 101 Å². The molecular weight excluding hydrogens is 330 g/mol. The SMILES string of the molecule is NS(=O)(=O)CC1CC(=O)N(c2ccc(C(=O)N3CCCC3)cc2)C1. The number of primary sulfonamides is 1. The van der Waals surface area contributed by atoms with Crippen LogP contribution in [0.5, 0.6) is 0 Å². The molecule has 1 unspecified atom stereocenters. The average molecular weight is 351 g/mol. The van der Waals surface area contributed by atoms with Crippen molar-refractivity contribution in [3.63, 3.8) is 0 Å². The Balaban J connectivity index is 1.69. The Labute approximate surface area is 141 Å². The van der Waals surface area contributed by atoms with Crippen LogP contribution >= 0.6 is 0 Å². The standard InChI is InChI=1S/C16H21N3O4S/c17-24(22,23)11-12-9-15(20)19(10-12)14-5-3-13(4-6-14)16(21)18-7-1-2-8-18/h3-6,12H,1-2,7-11H2,(H2,17,22,23). The maximum atomic E-state index is 12.3. The minimum absolute atomic E-state index is 0.0129. The van der Waals surface area contributed by atoms with Gasteiger partial charge >= 0.3 is 0 Å². The van der Waals surface area contributed by atoms with Gasteiger partial charge in [0.1, 0.15) is 0 Å². The fourth-order valence-electron chi connectivity index (χ4n) is 3.36. The lowest BCUT2D eigenvalue weighted by Crippen LogP contribution is -2.28. The molecule has 2 fully saturated rings. The number of rotatable bonds is 4. The van der Waals surface area contributed by atoms with Crippen molar-refractivity contribution in [1.82, 2.24) is 4.90 Å². The molecule has 0 radical (unpaired) electrons. The largest absolute Gasteiger partial charge is 0.339 e. The molecule has 0 aromatic heterocycles. The zero-order valence-corrected chi connectivity index (χ0v) is 14.2. The van der Waals surface area contributed by atoms with Crippen LogP contribution in [0.1, 0.15) is 29.6 Å². The molecule has 2 N–H and O–H groups in total. The van der Waals surface area contributed by atoms with Gasteiger partial charge in [0.15, 0.2) is 0 Å². The fourth-order valence-corrected chi connectivity index (χ4v) is 4.24. The number of sulfonamides is 1. The molecule has 2 aliphatic heterocycles. The molecule has 1 atom stereocenters. The summed E-state index contributed by atoms with van der Waals surface area (Å²) in [7, 11) is -3.59. The van der Waals surface area contributed by atoms with Gasteiger partial charge in [0.2, 0.25) is 15.9 Å². The van der Waals surface area contributed by atoms with Crippen LogP contribution in [0.15, 0.2) is 24.3 Å². The third-order valence-corrected chi connectivity index (χ3v) is 5.43. The van der Waals surface area contributed by atoms with Gasteiger partial charge in [-0.3, -0.25) is 9.59 Å². The number of amides is 2. The van der Waals surface area contributed by atoms with E-state index in [0.29, 0.717) is 17.8 Å². The molecule has 7 nitrogen and oxygen atoms in total. The van der Waals surface area contributed by atoms with Crippen LogP contribution in [0.2, 0.25) is 0 Å². The number of nitrogens with two attached hydrogens (primary N) is 1. The first-order valence-electron chi connectivity index (χ1n) is 8.04. The molecule has 2 aliphatic rings. The maximum Gasteiger partial charge on any atom is 0.253 e. The molecule has 1 aromatic rings. The Hall–Kier alpha value is -1.93. The Morgan fingerprint density at radius 2 is 1.79 bits per heavy atom. The summed E-state index contributed by atoms with van der Waals surface area (Å²) in [6.45, 7) is 1.91. The van der Waals surface area contributed by atoms with Crippen LogP contribution in [-0.2, 0) is 14.8 Å². The zero-order chi connectivity index (χ0) is 17.3. The quantitative estimate of drug-likeness (QED) is 0.856. The van der Waals surface area contributed by atoms with E-state index in [4.69, 9.17) is 5.14 Å². The summed E-state index contributed by atoms with van der Waals surface area (Å²) >= 11 is 0. The first-order valence-corrected chi connectivity index (χ1v) is 9.75. The minimum Gasteiger partial charge on any atom is -0.339 e. The predicted molar refractivity (Wildman–Crippen MR) is 90.0 cm³/mol. The number of benzene rings is 1. The lowest BCUT2D eigenvalue weighted by Gasteiger charge is -2.18. The second-order valence-corrected chi connectivity index (χ2v) is 8.11. The summed E-state index contributed by atoms with van der Waals surface area (Å²) < 4.78 is 22.4. The summed E-state index contributed by atoms with van der Waals surface area (Å²) in [5.41, 5.74) is 1.28. The van der Waals surface area contributed by atoms with Crippen LogP contribution in [0.25, 0.3) is 0 Å². The Morgan fingerprint density at radius 1 is 1.17 bits per heavy atom. The molecule has 1 aromatic carbocycles. The van der Waals surface area contributed by atoms with Crippen molar-refractivity contribution in [2.24, 2.45) is 11.1 Å². The van der Waals surface area contributed by atoms with Crippen molar-refractivity contribution in [2.45, 2.75) is 19.3 Å². The van der Waals surface area contributed by atoms with Gasteiger partial charge in [-0.1, -0.05) is 0 Å². The number of carbonyl (C=O) groups is 2. The van der Waals surface area contributed by atoms with Crippen molar-refractivity contribution < 1.29 is 18.0 Å². The smallest absolute Gasteiger partial charge is 0.253 e. The second-order valence-electron chi connectivity index (χ2n) is 6.45. The normalized spacial score (nSPS) is 21.5. The van der Waals surface area contributed by atoms with Crippen LogP contribution in [-0.4, -0.2) is 50.5 Å². The van der Waals surface area contributed by atoms with Gasteiger partial charge in [0, 0.05) is 43.2 Å². The van der Waals surface area contributed by atoms with E-state index < -0.39 is 10.0 Å². The predicted octanol–water partition coefficient (Wildman–Crippen LogP) is 0.564. The molecule has 0 spiro atoms. The summed E-state index contributed by atoms with van der Waals surface area (Å²) in [5.74, 6) is -0.597. The van der Waals surface area contributed by atoms with Gasteiger partial charge in [0.25, 0.3) is 5.91 Å². The molecule has 0 bridgehead atoms. The highest BCUT2D eigenvalue weighted by Crippen LogP contribution is 2.26. The van der Waals surface area contributed by atoms with Crippen LogP contribution < -0.4 is 10.0 Å². The second kappa shape index (κ2) is 6.52. The van der Waals surface area contributed by atoms with E-state index in [1.165, 1.54) is 0 Å². The van der Waals surface area contributed by atoms with E-state index in [-0.39, 0.29) is 29.9 Å². The summed E-state index contributed by atoms with van der Waals surface area (Å²) in [6, 6.07) is 6.91. The summed E-state index contributed by atoms with van der Waals surface area (Å²) in [5, 5.41) is 5.06. The van der Waals surface area contributed by atoms with E-state index in [1.54, 1.807) is 29.2 Å². The van der Waals surface area contributed by atoms with E-state index in [9.17, 15) is 18.0 Å². The lowest BCUT2D eigenvalue weighted by molar-refractivity contribution is -0.117. The first kappa shape index (κ1) is 16.9. The van der Waals surface area contributed by atoms with Crippen LogP contribution in [0, 0.1) is 5.92 Å². The molecule has 130 valence electrons. The highest BCUT2D eigenvalue weighted by Gasteiger charge is 2.32. The summed E-state index contributed by atoms with van der Waals surface area (Å²) in [4.78, 5) is 27.8. The number of carbonyl (C=O) groups excluding carboxylic acids is 2.